The van der Waals surface area contributed by atoms with E-state index in [0.717, 1.165) is 17.5 Å². The van der Waals surface area contributed by atoms with Crippen LogP contribution in [0.1, 0.15) is 12.5 Å². The van der Waals surface area contributed by atoms with E-state index in [1.54, 1.807) is 12.1 Å². The summed E-state index contributed by atoms with van der Waals surface area (Å²) >= 11 is 0. The summed E-state index contributed by atoms with van der Waals surface area (Å²) in [7, 11) is -3.65. The number of hydrogen-bond donors (Lipinski definition) is 1. The Hall–Kier alpha value is -2.73. The molecule has 2 aromatic carbocycles. The predicted molar refractivity (Wildman–Crippen MR) is 94.1 cm³/mol. The van der Waals surface area contributed by atoms with Gasteiger partial charge in [0.1, 0.15) is 0 Å². The van der Waals surface area contributed by atoms with Gasteiger partial charge in [-0.25, -0.2) is 18.4 Å². The van der Waals surface area contributed by atoms with Crippen molar-refractivity contribution in [2.24, 2.45) is 0 Å². The van der Waals surface area contributed by atoms with Crippen molar-refractivity contribution in [1.82, 2.24) is 9.97 Å². The molecule has 3 aromatic rings. The number of sulfonamides is 1. The second-order valence-electron chi connectivity index (χ2n) is 5.26. The highest BCUT2D eigenvalue weighted by Gasteiger charge is 2.14. The Morgan fingerprint density at radius 2 is 1.54 bits per heavy atom. The normalized spacial score (nSPS) is 11.2. The predicted octanol–water partition coefficient (Wildman–Crippen LogP) is 3.51. The minimum Gasteiger partial charge on any atom is -0.276 e. The summed E-state index contributed by atoms with van der Waals surface area (Å²) in [5.74, 6) is 0.547. The molecule has 0 unspecified atom stereocenters. The molecule has 3 rings (SSSR count). The number of rotatable bonds is 5. The van der Waals surface area contributed by atoms with Gasteiger partial charge in [-0.2, -0.15) is 0 Å². The van der Waals surface area contributed by atoms with Crippen LogP contribution in [0.25, 0.3) is 11.4 Å². The van der Waals surface area contributed by atoms with Crippen LogP contribution in [0.2, 0.25) is 0 Å². The van der Waals surface area contributed by atoms with Gasteiger partial charge >= 0.3 is 0 Å². The van der Waals surface area contributed by atoms with E-state index in [9.17, 15) is 8.42 Å². The van der Waals surface area contributed by atoms with Crippen LogP contribution in [0.15, 0.2) is 71.9 Å². The number of nitrogens with one attached hydrogen (secondary N) is 1. The lowest BCUT2D eigenvalue weighted by Gasteiger charge is -2.08. The van der Waals surface area contributed by atoms with Crippen molar-refractivity contribution in [2.75, 3.05) is 4.72 Å². The molecule has 24 heavy (non-hydrogen) atoms. The molecule has 122 valence electrons. The Morgan fingerprint density at radius 3 is 2.12 bits per heavy atom. The molecule has 0 bridgehead atoms. The van der Waals surface area contributed by atoms with Crippen molar-refractivity contribution >= 4 is 15.7 Å². The monoisotopic (exact) mass is 339 g/mol. The Morgan fingerprint density at radius 1 is 0.917 bits per heavy atom. The lowest BCUT2D eigenvalue weighted by Crippen LogP contribution is -2.13. The Bertz CT molecular complexity index is 907. The molecule has 0 aliphatic heterocycles. The number of aryl methyl sites for hydroxylation is 1. The average Bonchev–Trinajstić information content (AvgIpc) is 2.63. The quantitative estimate of drug-likeness (QED) is 0.772. The van der Waals surface area contributed by atoms with Gasteiger partial charge in [-0.05, 0) is 24.1 Å². The molecule has 0 spiro atoms. The summed E-state index contributed by atoms with van der Waals surface area (Å²) in [5, 5.41) is 0. The van der Waals surface area contributed by atoms with Crippen molar-refractivity contribution in [1.29, 1.82) is 0 Å². The molecule has 0 atom stereocenters. The van der Waals surface area contributed by atoms with E-state index in [1.165, 1.54) is 12.4 Å². The van der Waals surface area contributed by atoms with E-state index in [1.807, 2.05) is 49.4 Å². The number of anilines is 1. The first-order valence-electron chi connectivity index (χ1n) is 7.58. The van der Waals surface area contributed by atoms with Crippen LogP contribution in [-0.4, -0.2) is 18.4 Å². The van der Waals surface area contributed by atoms with Crippen molar-refractivity contribution < 1.29 is 8.42 Å². The standard InChI is InChI=1S/C18H17N3O2S/c1-2-14-8-10-17(11-9-14)24(22,23)21-16-12-19-18(20-13-16)15-6-4-3-5-7-15/h3-13,21H,2H2,1H3. The summed E-state index contributed by atoms with van der Waals surface area (Å²) in [6.07, 6.45) is 3.79. The van der Waals surface area contributed by atoms with Crippen LogP contribution < -0.4 is 4.72 Å². The van der Waals surface area contributed by atoms with E-state index in [2.05, 4.69) is 14.7 Å². The first-order valence-corrected chi connectivity index (χ1v) is 9.06. The zero-order chi connectivity index (χ0) is 17.0. The topological polar surface area (TPSA) is 72.0 Å². The summed E-state index contributed by atoms with van der Waals surface area (Å²) in [4.78, 5) is 8.65. The largest absolute Gasteiger partial charge is 0.276 e. The zero-order valence-electron chi connectivity index (χ0n) is 13.2. The van der Waals surface area contributed by atoms with Crippen LogP contribution in [0.4, 0.5) is 5.69 Å². The van der Waals surface area contributed by atoms with Crippen molar-refractivity contribution in [2.45, 2.75) is 18.2 Å². The first-order chi connectivity index (χ1) is 11.6. The molecule has 0 aliphatic carbocycles. The third-order valence-corrected chi connectivity index (χ3v) is 4.98. The molecule has 0 saturated carbocycles. The molecule has 5 nitrogen and oxygen atoms in total. The Kier molecular flexibility index (Phi) is 4.57. The SMILES string of the molecule is CCc1ccc(S(=O)(=O)Nc2cnc(-c3ccccc3)nc2)cc1. The number of aromatic nitrogens is 2. The van der Waals surface area contributed by atoms with Crippen molar-refractivity contribution in [3.63, 3.8) is 0 Å². The number of nitrogens with zero attached hydrogens (tertiary/aromatic N) is 2. The van der Waals surface area contributed by atoms with Crippen molar-refractivity contribution in [3.05, 3.63) is 72.6 Å². The summed E-state index contributed by atoms with van der Waals surface area (Å²) < 4.78 is 27.3. The molecule has 0 fully saturated rings. The third-order valence-electron chi connectivity index (χ3n) is 3.58. The minimum absolute atomic E-state index is 0.215. The molecule has 0 saturated heterocycles. The fourth-order valence-corrected chi connectivity index (χ4v) is 3.26. The molecule has 0 amide bonds. The first kappa shape index (κ1) is 16.1. The van der Waals surface area contributed by atoms with E-state index < -0.39 is 10.0 Å². The second kappa shape index (κ2) is 6.80. The maximum absolute atomic E-state index is 12.4. The van der Waals surface area contributed by atoms with E-state index in [-0.39, 0.29) is 4.90 Å². The van der Waals surface area contributed by atoms with Gasteiger partial charge in [0.05, 0.1) is 23.0 Å². The minimum atomic E-state index is -3.65. The van der Waals surface area contributed by atoms with Gasteiger partial charge in [0.15, 0.2) is 5.82 Å². The van der Waals surface area contributed by atoms with Crippen LogP contribution >= 0.6 is 0 Å². The lowest BCUT2D eigenvalue weighted by atomic mass is 10.2. The van der Waals surface area contributed by atoms with Gasteiger partial charge in [0.25, 0.3) is 10.0 Å². The summed E-state index contributed by atoms with van der Waals surface area (Å²) in [5.41, 5.74) is 2.29. The Balaban J connectivity index is 1.79. The van der Waals surface area contributed by atoms with Crippen molar-refractivity contribution in [3.8, 4) is 11.4 Å². The third kappa shape index (κ3) is 3.60. The van der Waals surface area contributed by atoms with Gasteiger partial charge in [-0.1, -0.05) is 49.4 Å². The van der Waals surface area contributed by atoms with Gasteiger partial charge in [0, 0.05) is 5.56 Å². The van der Waals surface area contributed by atoms with E-state index >= 15 is 0 Å². The molecule has 6 heteroatoms. The molecule has 1 N–H and O–H groups in total. The fraction of sp³-hybridized carbons (Fsp3) is 0.111. The van der Waals surface area contributed by atoms with E-state index in [4.69, 9.17) is 0 Å². The highest BCUT2D eigenvalue weighted by Crippen LogP contribution is 2.18. The van der Waals surface area contributed by atoms with E-state index in [0.29, 0.717) is 11.5 Å². The molecule has 0 radical (unpaired) electrons. The highest BCUT2D eigenvalue weighted by molar-refractivity contribution is 7.92. The van der Waals surface area contributed by atoms with Gasteiger partial charge in [0.2, 0.25) is 0 Å². The summed E-state index contributed by atoms with van der Waals surface area (Å²) in [6.45, 7) is 2.02. The van der Waals surface area contributed by atoms with Gasteiger partial charge in [-0.15, -0.1) is 0 Å². The fourth-order valence-electron chi connectivity index (χ4n) is 2.24. The van der Waals surface area contributed by atoms with Crippen LogP contribution in [0.3, 0.4) is 0 Å². The maximum Gasteiger partial charge on any atom is 0.261 e. The molecule has 1 heterocycles. The lowest BCUT2D eigenvalue weighted by molar-refractivity contribution is 0.601. The van der Waals surface area contributed by atoms with Crippen LogP contribution in [0, 0.1) is 0 Å². The smallest absolute Gasteiger partial charge is 0.261 e. The average molecular weight is 339 g/mol. The maximum atomic E-state index is 12.4. The number of hydrogen-bond acceptors (Lipinski definition) is 4. The molecule has 1 aromatic heterocycles. The Labute approximate surface area is 141 Å². The number of benzene rings is 2. The van der Waals surface area contributed by atoms with Gasteiger partial charge < -0.3 is 0 Å². The zero-order valence-corrected chi connectivity index (χ0v) is 14.0. The molecule has 0 aliphatic rings. The highest BCUT2D eigenvalue weighted by atomic mass is 32.2. The van der Waals surface area contributed by atoms with Gasteiger partial charge in [-0.3, -0.25) is 4.72 Å². The molecular formula is C18H17N3O2S. The van der Waals surface area contributed by atoms with Crippen LogP contribution in [-0.2, 0) is 16.4 Å². The molecular weight excluding hydrogens is 322 g/mol. The van der Waals surface area contributed by atoms with Crippen LogP contribution in [0.5, 0.6) is 0 Å². The second-order valence-corrected chi connectivity index (χ2v) is 6.95. The summed E-state index contributed by atoms with van der Waals surface area (Å²) in [6, 6.07) is 16.3.